The molecule has 1 aromatic carbocycles. The van der Waals surface area contributed by atoms with Gasteiger partial charge in [0.1, 0.15) is 6.07 Å². The third-order valence-electron chi connectivity index (χ3n) is 2.30. The van der Waals surface area contributed by atoms with Crippen LogP contribution in [0, 0.1) is 11.3 Å². The molecule has 0 aliphatic carbocycles. The zero-order valence-electron chi connectivity index (χ0n) is 8.91. The lowest BCUT2D eigenvalue weighted by atomic mass is 10.2. The van der Waals surface area contributed by atoms with Crippen LogP contribution in [0.4, 0.5) is 5.69 Å². The fourth-order valence-corrected chi connectivity index (χ4v) is 2.67. The number of anilines is 1. The molecule has 0 bridgehead atoms. The molecule has 92 valence electrons. The second-order valence-corrected chi connectivity index (χ2v) is 5.11. The van der Waals surface area contributed by atoms with E-state index in [0.29, 0.717) is 11.3 Å². The number of hydrogen-bond donors (Lipinski definition) is 2. The average Bonchev–Trinajstić information content (AvgIpc) is 2.71. The van der Waals surface area contributed by atoms with E-state index in [9.17, 15) is 4.79 Å². The molecule has 1 unspecified atom stereocenters. The van der Waals surface area contributed by atoms with Crippen molar-refractivity contribution >= 4 is 46.7 Å². The van der Waals surface area contributed by atoms with Gasteiger partial charge in [0.15, 0.2) is 0 Å². The van der Waals surface area contributed by atoms with Crippen molar-refractivity contribution in [1.82, 2.24) is 4.72 Å². The number of halogens is 2. The van der Waals surface area contributed by atoms with E-state index < -0.39 is 10.9 Å². The largest absolute Gasteiger partial charge is 0.322 e. The van der Waals surface area contributed by atoms with Crippen molar-refractivity contribution in [2.24, 2.45) is 0 Å². The molecule has 1 amide bonds. The van der Waals surface area contributed by atoms with E-state index in [2.05, 4.69) is 10.0 Å². The van der Waals surface area contributed by atoms with Crippen LogP contribution in [0.2, 0.25) is 0 Å². The summed E-state index contributed by atoms with van der Waals surface area (Å²) >= 11 is 13.1. The number of hydrogen-bond acceptors (Lipinski definition) is 4. The summed E-state index contributed by atoms with van der Waals surface area (Å²) in [6, 6.07) is 8.63. The highest BCUT2D eigenvalue weighted by Crippen LogP contribution is 2.36. The zero-order valence-corrected chi connectivity index (χ0v) is 11.2. The van der Waals surface area contributed by atoms with E-state index in [1.807, 2.05) is 6.07 Å². The Morgan fingerprint density at radius 3 is 2.83 bits per heavy atom. The normalized spacial score (nSPS) is 22.2. The molecule has 0 fully saturated rings. The van der Waals surface area contributed by atoms with E-state index in [0.717, 1.165) is 11.9 Å². The summed E-state index contributed by atoms with van der Waals surface area (Å²) in [6.07, 6.45) is 0. The molecule has 2 rings (SSSR count). The van der Waals surface area contributed by atoms with Gasteiger partial charge < -0.3 is 5.32 Å². The maximum atomic E-state index is 12.1. The molecular formula is C11H7Cl2N3OS. The van der Waals surface area contributed by atoms with Crippen LogP contribution in [0.1, 0.15) is 5.56 Å². The number of nitrogens with zero attached hydrogens (tertiary/aromatic N) is 1. The lowest BCUT2D eigenvalue weighted by Gasteiger charge is -2.21. The second kappa shape index (κ2) is 5.21. The Hall–Kier alpha value is -1.19. The predicted octanol–water partition coefficient (Wildman–Crippen LogP) is 2.76. The minimum Gasteiger partial charge on any atom is -0.322 e. The van der Waals surface area contributed by atoms with Crippen LogP contribution in [-0.2, 0) is 4.79 Å². The van der Waals surface area contributed by atoms with Gasteiger partial charge in [0, 0.05) is 5.41 Å². The maximum Gasteiger partial charge on any atom is 0.266 e. The Balaban J connectivity index is 2.23. The molecule has 1 aromatic rings. The third kappa shape index (κ3) is 2.33. The maximum absolute atomic E-state index is 12.1. The van der Waals surface area contributed by atoms with Crippen molar-refractivity contribution in [3.05, 3.63) is 40.3 Å². The number of carbonyl (C=O) groups is 1. The van der Waals surface area contributed by atoms with Crippen LogP contribution < -0.4 is 10.0 Å². The standard InChI is InChI=1S/C11H7Cl2N3OS/c12-9-6-18-16-11(9,13)10(17)15-8-4-2-1-3-7(8)5-14/h1-4,6,16H,(H,15,17). The van der Waals surface area contributed by atoms with Crippen LogP contribution >= 0.6 is 35.1 Å². The average molecular weight is 300 g/mol. The first-order valence-corrected chi connectivity index (χ1v) is 6.50. The van der Waals surface area contributed by atoms with Crippen LogP contribution in [0.15, 0.2) is 34.7 Å². The second-order valence-electron chi connectivity index (χ2n) is 3.46. The molecule has 0 saturated heterocycles. The van der Waals surface area contributed by atoms with Gasteiger partial charge in [-0.25, -0.2) is 4.72 Å². The van der Waals surface area contributed by atoms with Gasteiger partial charge in [0.2, 0.25) is 5.00 Å². The summed E-state index contributed by atoms with van der Waals surface area (Å²) < 4.78 is 2.70. The molecule has 0 radical (unpaired) electrons. The number of nitrogens with one attached hydrogen (secondary N) is 2. The molecule has 7 heteroatoms. The van der Waals surface area contributed by atoms with Gasteiger partial charge in [-0.2, -0.15) is 5.26 Å². The quantitative estimate of drug-likeness (QED) is 0.501. The first-order chi connectivity index (χ1) is 8.58. The number of amides is 1. The molecule has 1 atom stereocenters. The van der Waals surface area contributed by atoms with Gasteiger partial charge in [0.25, 0.3) is 5.91 Å². The number of benzene rings is 1. The summed E-state index contributed by atoms with van der Waals surface area (Å²) in [7, 11) is 0. The van der Waals surface area contributed by atoms with Crippen molar-refractivity contribution in [1.29, 1.82) is 5.26 Å². The number of rotatable bonds is 2. The van der Waals surface area contributed by atoms with Gasteiger partial charge in [0.05, 0.1) is 16.3 Å². The van der Waals surface area contributed by atoms with Crippen molar-refractivity contribution in [3.8, 4) is 6.07 Å². The van der Waals surface area contributed by atoms with Crippen LogP contribution in [-0.4, -0.2) is 10.9 Å². The highest BCUT2D eigenvalue weighted by molar-refractivity contribution is 8.00. The van der Waals surface area contributed by atoms with Gasteiger partial charge in [-0.1, -0.05) is 35.3 Å². The van der Waals surface area contributed by atoms with Crippen LogP contribution in [0.3, 0.4) is 0 Å². The number of carbonyl (C=O) groups excluding carboxylic acids is 1. The summed E-state index contributed by atoms with van der Waals surface area (Å²) in [5, 5.41) is 13.2. The van der Waals surface area contributed by atoms with Crippen molar-refractivity contribution in [2.75, 3.05) is 5.32 Å². The van der Waals surface area contributed by atoms with Crippen LogP contribution in [0.25, 0.3) is 0 Å². The van der Waals surface area contributed by atoms with Gasteiger partial charge in [-0.15, -0.1) is 0 Å². The molecule has 4 nitrogen and oxygen atoms in total. The lowest BCUT2D eigenvalue weighted by Crippen LogP contribution is -2.45. The van der Waals surface area contributed by atoms with Gasteiger partial charge >= 0.3 is 0 Å². The van der Waals surface area contributed by atoms with Crippen molar-refractivity contribution in [2.45, 2.75) is 5.00 Å². The highest BCUT2D eigenvalue weighted by atomic mass is 35.5. The topological polar surface area (TPSA) is 64.9 Å². The first-order valence-electron chi connectivity index (χ1n) is 4.86. The van der Waals surface area contributed by atoms with E-state index in [4.69, 9.17) is 28.5 Å². The molecule has 2 N–H and O–H groups in total. The van der Waals surface area contributed by atoms with Crippen LogP contribution in [0.5, 0.6) is 0 Å². The smallest absolute Gasteiger partial charge is 0.266 e. The monoisotopic (exact) mass is 299 g/mol. The molecular weight excluding hydrogens is 293 g/mol. The highest BCUT2D eigenvalue weighted by Gasteiger charge is 2.43. The van der Waals surface area contributed by atoms with Crippen molar-refractivity contribution in [3.63, 3.8) is 0 Å². The Kier molecular flexibility index (Phi) is 3.83. The minimum absolute atomic E-state index is 0.195. The molecule has 0 saturated carbocycles. The number of alkyl halides is 1. The minimum atomic E-state index is -1.49. The number of nitriles is 1. The fourth-order valence-electron chi connectivity index (χ4n) is 1.35. The molecule has 1 aliphatic rings. The van der Waals surface area contributed by atoms with E-state index in [1.54, 1.807) is 29.7 Å². The lowest BCUT2D eigenvalue weighted by molar-refractivity contribution is -0.117. The van der Waals surface area contributed by atoms with E-state index in [-0.39, 0.29) is 5.03 Å². The summed E-state index contributed by atoms with van der Waals surface area (Å²) in [5.41, 5.74) is 0.755. The van der Waals surface area contributed by atoms with E-state index in [1.165, 1.54) is 0 Å². The first kappa shape index (κ1) is 13.2. The number of para-hydroxylation sites is 1. The Morgan fingerprint density at radius 1 is 1.50 bits per heavy atom. The third-order valence-corrected chi connectivity index (χ3v) is 4.28. The van der Waals surface area contributed by atoms with Gasteiger partial charge in [-0.05, 0) is 24.1 Å². The van der Waals surface area contributed by atoms with E-state index >= 15 is 0 Å². The molecule has 0 aromatic heterocycles. The molecule has 0 spiro atoms. The Morgan fingerprint density at radius 2 is 2.22 bits per heavy atom. The summed E-state index contributed by atoms with van der Waals surface area (Å²) in [4.78, 5) is 10.6. The Bertz CT molecular complexity index is 570. The Labute approximate surface area is 118 Å². The molecule has 18 heavy (non-hydrogen) atoms. The summed E-state index contributed by atoms with van der Waals surface area (Å²) in [5.74, 6) is -0.530. The van der Waals surface area contributed by atoms with Crippen molar-refractivity contribution < 1.29 is 4.79 Å². The molecule has 1 aliphatic heterocycles. The SMILES string of the molecule is N#Cc1ccccc1NC(=O)C1(Cl)NSC=C1Cl. The fraction of sp³-hybridized carbons (Fsp3) is 0.0909. The predicted molar refractivity (Wildman–Crippen MR) is 73.0 cm³/mol. The molecule has 1 heterocycles. The van der Waals surface area contributed by atoms with Gasteiger partial charge in [-0.3, -0.25) is 4.79 Å². The zero-order chi connectivity index (χ0) is 13.2. The summed E-state index contributed by atoms with van der Waals surface area (Å²) in [6.45, 7) is 0.